The molecule has 2 N–H and O–H groups in total. The van der Waals surface area contributed by atoms with Gasteiger partial charge in [0.2, 0.25) is 5.89 Å². The number of nitrogens with one attached hydrogen (secondary N) is 2. The van der Waals surface area contributed by atoms with Crippen molar-refractivity contribution in [1.29, 1.82) is 0 Å². The van der Waals surface area contributed by atoms with Gasteiger partial charge < -0.3 is 19.9 Å². The number of ether oxygens (including phenoxy) is 1. The topological polar surface area (TPSA) is 84.6 Å². The largest absolute Gasteiger partial charge is 0.371 e. The van der Waals surface area contributed by atoms with Crippen LogP contribution in [0.2, 0.25) is 0 Å². The molecule has 0 aromatic carbocycles. The molecule has 140 valence electrons. The summed E-state index contributed by atoms with van der Waals surface area (Å²) in [6.45, 7) is 13.0. The van der Waals surface area contributed by atoms with Gasteiger partial charge in [-0.25, -0.2) is 4.99 Å². The van der Waals surface area contributed by atoms with Crippen molar-refractivity contribution in [2.45, 2.75) is 60.1 Å². The summed E-state index contributed by atoms with van der Waals surface area (Å²) in [5.74, 6) is 2.48. The van der Waals surface area contributed by atoms with E-state index >= 15 is 0 Å². The molecule has 1 atom stereocenters. The number of nitrogens with zero attached hydrogens (tertiary/aromatic N) is 3. The van der Waals surface area contributed by atoms with Gasteiger partial charge in [0.15, 0.2) is 11.8 Å². The highest BCUT2D eigenvalue weighted by atomic mass is 127. The molecule has 7 nitrogen and oxygen atoms in total. The van der Waals surface area contributed by atoms with E-state index in [0.717, 1.165) is 31.9 Å². The van der Waals surface area contributed by atoms with Gasteiger partial charge in [-0.1, -0.05) is 31.8 Å². The maximum absolute atomic E-state index is 5.45. The Hall–Kier alpha value is -0.900. The van der Waals surface area contributed by atoms with E-state index in [0.29, 0.717) is 30.8 Å². The van der Waals surface area contributed by atoms with E-state index in [-0.39, 0.29) is 30.1 Å². The Balaban J connectivity index is 0.00000529. The quantitative estimate of drug-likeness (QED) is 0.322. The molecule has 1 aromatic heterocycles. The van der Waals surface area contributed by atoms with Gasteiger partial charge in [0, 0.05) is 19.7 Å². The lowest BCUT2D eigenvalue weighted by atomic mass is 10.0. The zero-order chi connectivity index (χ0) is 17.1. The predicted octanol–water partition coefficient (Wildman–Crippen LogP) is 3.28. The van der Waals surface area contributed by atoms with Gasteiger partial charge in [-0.05, 0) is 26.7 Å². The van der Waals surface area contributed by atoms with Crippen molar-refractivity contribution >= 4 is 29.9 Å². The van der Waals surface area contributed by atoms with Gasteiger partial charge >= 0.3 is 0 Å². The molecule has 0 aliphatic rings. The van der Waals surface area contributed by atoms with Crippen LogP contribution in [0.4, 0.5) is 0 Å². The lowest BCUT2D eigenvalue weighted by molar-refractivity contribution is 0.0683. The van der Waals surface area contributed by atoms with Crippen LogP contribution >= 0.6 is 24.0 Å². The smallest absolute Gasteiger partial charge is 0.248 e. The Morgan fingerprint density at radius 2 is 1.92 bits per heavy atom. The molecule has 0 spiro atoms. The average Bonchev–Trinajstić information content (AvgIpc) is 3.02. The van der Waals surface area contributed by atoms with Crippen molar-refractivity contribution in [3.63, 3.8) is 0 Å². The number of hydrogen-bond acceptors (Lipinski definition) is 5. The highest BCUT2D eigenvalue weighted by Gasteiger charge is 2.13. The lowest BCUT2D eigenvalue weighted by Gasteiger charge is -2.16. The number of aliphatic imine (C=N–C) groups is 1. The Morgan fingerprint density at radius 3 is 2.50 bits per heavy atom. The van der Waals surface area contributed by atoms with E-state index in [2.05, 4.69) is 39.6 Å². The van der Waals surface area contributed by atoms with Gasteiger partial charge in [0.05, 0.1) is 0 Å². The van der Waals surface area contributed by atoms with Crippen molar-refractivity contribution in [3.8, 4) is 0 Å². The normalized spacial score (nSPS) is 12.8. The molecule has 0 fully saturated rings. The predicted molar refractivity (Wildman–Crippen MR) is 107 cm³/mol. The molecule has 0 saturated carbocycles. The van der Waals surface area contributed by atoms with Crippen molar-refractivity contribution in [1.82, 2.24) is 20.8 Å². The molecule has 0 aliphatic heterocycles. The molecule has 0 bridgehead atoms. The molecule has 1 rings (SSSR count). The van der Waals surface area contributed by atoms with Crippen molar-refractivity contribution in [3.05, 3.63) is 11.7 Å². The Bertz CT molecular complexity index is 463. The van der Waals surface area contributed by atoms with E-state index in [1.807, 2.05) is 20.8 Å². The molecule has 1 heterocycles. The third-order valence-electron chi connectivity index (χ3n) is 3.69. The van der Waals surface area contributed by atoms with Crippen LogP contribution in [0.1, 0.15) is 65.3 Å². The van der Waals surface area contributed by atoms with Gasteiger partial charge in [-0.2, -0.15) is 4.98 Å². The van der Waals surface area contributed by atoms with Gasteiger partial charge in [0.25, 0.3) is 0 Å². The highest BCUT2D eigenvalue weighted by molar-refractivity contribution is 14.0. The maximum Gasteiger partial charge on any atom is 0.248 e. The second-order valence-corrected chi connectivity index (χ2v) is 5.40. The maximum atomic E-state index is 5.45. The van der Waals surface area contributed by atoms with Crippen LogP contribution in [0.5, 0.6) is 0 Å². The van der Waals surface area contributed by atoms with E-state index in [1.54, 1.807) is 0 Å². The van der Waals surface area contributed by atoms with Crippen molar-refractivity contribution in [2.75, 3.05) is 19.7 Å². The summed E-state index contributed by atoms with van der Waals surface area (Å²) in [6.07, 6.45) is 2.15. The summed E-state index contributed by atoms with van der Waals surface area (Å²) in [6, 6.07) is 0. The Labute approximate surface area is 162 Å². The number of aromatic nitrogens is 2. The molecule has 24 heavy (non-hydrogen) atoms. The van der Waals surface area contributed by atoms with Crippen molar-refractivity contribution in [2.24, 2.45) is 10.9 Å². The first-order chi connectivity index (χ1) is 11.1. The first-order valence-corrected chi connectivity index (χ1v) is 8.60. The van der Waals surface area contributed by atoms with Gasteiger partial charge in [-0.15, -0.1) is 24.0 Å². The second kappa shape index (κ2) is 13.4. The zero-order valence-corrected chi connectivity index (χ0v) is 17.8. The molecular formula is C16H32IN5O2. The first kappa shape index (κ1) is 23.1. The summed E-state index contributed by atoms with van der Waals surface area (Å²) < 4.78 is 10.7. The molecule has 1 unspecified atom stereocenters. The zero-order valence-electron chi connectivity index (χ0n) is 15.5. The van der Waals surface area contributed by atoms with Crippen LogP contribution in [0.25, 0.3) is 0 Å². The summed E-state index contributed by atoms with van der Waals surface area (Å²) >= 11 is 0. The number of hydrogen-bond donors (Lipinski definition) is 2. The number of rotatable bonds is 10. The SMILES string of the molecule is CCNC(=NCc1nc(C(C)OCC)no1)NCC(CC)CC.I. The van der Waals surface area contributed by atoms with Gasteiger partial charge in [-0.3, -0.25) is 0 Å². The standard InChI is InChI=1S/C16H31N5O2.HI/c1-6-13(7-2)10-18-16(17-8-3)19-11-14-20-15(21-23-14)12(5)22-9-4;/h12-13H,6-11H2,1-5H3,(H2,17,18,19);1H. The monoisotopic (exact) mass is 453 g/mol. The second-order valence-electron chi connectivity index (χ2n) is 5.40. The van der Waals surface area contributed by atoms with Crippen LogP contribution < -0.4 is 10.6 Å². The third kappa shape index (κ3) is 8.27. The van der Waals surface area contributed by atoms with Crippen LogP contribution in [0, 0.1) is 5.92 Å². The molecular weight excluding hydrogens is 421 g/mol. The van der Waals surface area contributed by atoms with Crippen LogP contribution in [0.15, 0.2) is 9.52 Å². The Morgan fingerprint density at radius 1 is 1.21 bits per heavy atom. The molecule has 0 saturated heterocycles. The van der Waals surface area contributed by atoms with Crippen LogP contribution in [0.3, 0.4) is 0 Å². The number of halogens is 1. The Kier molecular flexibility index (Phi) is 12.9. The lowest BCUT2D eigenvalue weighted by Crippen LogP contribution is -2.39. The minimum absolute atomic E-state index is 0. The molecule has 8 heteroatoms. The van der Waals surface area contributed by atoms with E-state index < -0.39 is 0 Å². The fourth-order valence-electron chi connectivity index (χ4n) is 2.13. The summed E-state index contributed by atoms with van der Waals surface area (Å²) in [5, 5.41) is 10.5. The highest BCUT2D eigenvalue weighted by Crippen LogP contribution is 2.13. The van der Waals surface area contributed by atoms with Crippen LogP contribution in [-0.2, 0) is 11.3 Å². The molecule has 0 amide bonds. The molecule has 0 aliphatic carbocycles. The third-order valence-corrected chi connectivity index (χ3v) is 3.69. The summed E-state index contributed by atoms with van der Waals surface area (Å²) in [4.78, 5) is 8.82. The summed E-state index contributed by atoms with van der Waals surface area (Å²) in [7, 11) is 0. The fraction of sp³-hybridized carbons (Fsp3) is 0.812. The van der Waals surface area contributed by atoms with Crippen molar-refractivity contribution < 1.29 is 9.26 Å². The fourth-order valence-corrected chi connectivity index (χ4v) is 2.13. The van der Waals surface area contributed by atoms with E-state index in [9.17, 15) is 0 Å². The average molecular weight is 453 g/mol. The number of guanidine groups is 1. The van der Waals surface area contributed by atoms with E-state index in [4.69, 9.17) is 9.26 Å². The molecule has 1 aromatic rings. The first-order valence-electron chi connectivity index (χ1n) is 8.60. The summed E-state index contributed by atoms with van der Waals surface area (Å²) in [5.41, 5.74) is 0. The van der Waals surface area contributed by atoms with Crippen LogP contribution in [-0.4, -0.2) is 35.8 Å². The van der Waals surface area contributed by atoms with Gasteiger partial charge in [0.1, 0.15) is 12.6 Å². The molecule has 0 radical (unpaired) electrons. The minimum Gasteiger partial charge on any atom is -0.371 e. The minimum atomic E-state index is -0.164. The van der Waals surface area contributed by atoms with E-state index in [1.165, 1.54) is 0 Å².